The van der Waals surface area contributed by atoms with E-state index in [1.807, 2.05) is 31.2 Å². The van der Waals surface area contributed by atoms with Crippen LogP contribution >= 0.6 is 28.1 Å². The Kier molecular flexibility index (Phi) is 6.75. The highest BCUT2D eigenvalue weighted by Gasteiger charge is 2.09. The molecular weight excluding hydrogens is 388 g/mol. The van der Waals surface area contributed by atoms with Crippen LogP contribution in [0.1, 0.15) is 30.6 Å². The van der Waals surface area contributed by atoms with Gasteiger partial charge in [-0.05, 0) is 68.0 Å². The molecule has 0 heterocycles. The number of thiocarbonyl (C=S) groups is 1. The molecule has 1 amide bonds. The number of hydrogen-bond donors (Lipinski definition) is 2. The maximum absolute atomic E-state index is 12.2. The van der Waals surface area contributed by atoms with E-state index in [1.165, 1.54) is 0 Å². The topological polar surface area (TPSA) is 50.4 Å². The van der Waals surface area contributed by atoms with Crippen LogP contribution in [0, 0.1) is 0 Å². The predicted octanol–water partition coefficient (Wildman–Crippen LogP) is 4.75. The molecule has 0 saturated heterocycles. The van der Waals surface area contributed by atoms with Crippen molar-refractivity contribution in [3.63, 3.8) is 0 Å². The fourth-order valence-corrected chi connectivity index (χ4v) is 2.51. The number of ether oxygens (including phenoxy) is 1. The third kappa shape index (κ3) is 5.62. The average molecular weight is 407 g/mol. The maximum atomic E-state index is 12.2. The van der Waals surface area contributed by atoms with E-state index in [-0.39, 0.29) is 17.1 Å². The van der Waals surface area contributed by atoms with Gasteiger partial charge in [-0.1, -0.05) is 28.9 Å². The van der Waals surface area contributed by atoms with Crippen molar-refractivity contribution in [2.45, 2.75) is 26.4 Å². The molecule has 0 unspecified atom stereocenters. The van der Waals surface area contributed by atoms with Crippen LogP contribution in [0.5, 0.6) is 5.75 Å². The van der Waals surface area contributed by atoms with Crippen molar-refractivity contribution >= 4 is 44.9 Å². The molecule has 0 radical (unpaired) electrons. The minimum Gasteiger partial charge on any atom is -0.491 e. The number of benzene rings is 2. The van der Waals surface area contributed by atoms with Crippen LogP contribution in [0.3, 0.4) is 0 Å². The predicted molar refractivity (Wildman–Crippen MR) is 105 cm³/mol. The molecule has 0 aromatic heterocycles. The lowest BCUT2D eigenvalue weighted by atomic mass is 10.2. The second-order valence-corrected chi connectivity index (χ2v) is 6.60. The zero-order valence-corrected chi connectivity index (χ0v) is 15.9. The van der Waals surface area contributed by atoms with Gasteiger partial charge in [-0.2, -0.15) is 0 Å². The molecule has 2 N–H and O–H groups in total. The summed E-state index contributed by atoms with van der Waals surface area (Å²) < 4.78 is 6.62. The summed E-state index contributed by atoms with van der Waals surface area (Å²) in [4.78, 5) is 12.2. The summed E-state index contributed by atoms with van der Waals surface area (Å²) in [5.74, 6) is 0.480. The van der Waals surface area contributed by atoms with E-state index in [0.717, 1.165) is 22.3 Å². The normalized spacial score (nSPS) is 11.5. The molecule has 0 aliphatic heterocycles. The number of halogens is 1. The Labute approximate surface area is 155 Å². The zero-order valence-electron chi connectivity index (χ0n) is 13.5. The highest BCUT2D eigenvalue weighted by Crippen LogP contribution is 2.16. The minimum absolute atomic E-state index is 0.145. The van der Waals surface area contributed by atoms with Crippen LogP contribution in [0.4, 0.5) is 5.69 Å². The number of nitrogens with one attached hydrogen (secondary N) is 2. The second kappa shape index (κ2) is 8.80. The number of rotatable bonds is 5. The molecule has 2 rings (SSSR count). The lowest BCUT2D eigenvalue weighted by Crippen LogP contribution is -2.34. The van der Waals surface area contributed by atoms with Crippen molar-refractivity contribution in [1.82, 2.24) is 5.32 Å². The first-order chi connectivity index (χ1) is 11.5. The van der Waals surface area contributed by atoms with Crippen molar-refractivity contribution in [1.29, 1.82) is 0 Å². The number of carbonyl (C=O) groups is 1. The van der Waals surface area contributed by atoms with Crippen LogP contribution in [0.2, 0.25) is 0 Å². The number of hydrogen-bond acceptors (Lipinski definition) is 3. The van der Waals surface area contributed by atoms with Crippen molar-refractivity contribution < 1.29 is 9.53 Å². The number of anilines is 1. The average Bonchev–Trinajstić information content (AvgIpc) is 2.55. The lowest BCUT2D eigenvalue weighted by Gasteiger charge is -2.13. The lowest BCUT2D eigenvalue weighted by molar-refractivity contribution is 0.0977. The highest BCUT2D eigenvalue weighted by atomic mass is 79.9. The van der Waals surface area contributed by atoms with E-state index in [2.05, 4.69) is 33.5 Å². The Balaban J connectivity index is 1.93. The van der Waals surface area contributed by atoms with Crippen LogP contribution in [0.25, 0.3) is 0 Å². The van der Waals surface area contributed by atoms with Crippen LogP contribution in [0.15, 0.2) is 53.0 Å². The first-order valence-electron chi connectivity index (χ1n) is 7.62. The zero-order chi connectivity index (χ0) is 17.5. The molecule has 24 heavy (non-hydrogen) atoms. The van der Waals surface area contributed by atoms with Crippen LogP contribution in [-0.2, 0) is 0 Å². The van der Waals surface area contributed by atoms with Gasteiger partial charge in [-0.15, -0.1) is 0 Å². The fourth-order valence-electron chi connectivity index (χ4n) is 1.90. The van der Waals surface area contributed by atoms with E-state index in [0.29, 0.717) is 5.56 Å². The van der Waals surface area contributed by atoms with Gasteiger partial charge in [0.15, 0.2) is 5.11 Å². The summed E-state index contributed by atoms with van der Waals surface area (Å²) in [5, 5.41) is 5.88. The molecule has 0 aliphatic carbocycles. The molecule has 0 fully saturated rings. The van der Waals surface area contributed by atoms with E-state index in [4.69, 9.17) is 17.0 Å². The summed E-state index contributed by atoms with van der Waals surface area (Å²) >= 11 is 8.56. The molecule has 0 aliphatic rings. The standard InChI is InChI=1S/C18H19BrN2O2S/c1-3-12(2)23-16-9-7-13(8-10-16)17(22)21-18(24)20-15-6-4-5-14(19)11-15/h4-12H,3H2,1-2H3,(H2,20,21,22,24)/t12-/m1/s1. The summed E-state index contributed by atoms with van der Waals surface area (Å²) in [7, 11) is 0. The number of amides is 1. The van der Waals surface area contributed by atoms with Crippen molar-refractivity contribution in [3.05, 3.63) is 58.6 Å². The van der Waals surface area contributed by atoms with E-state index < -0.39 is 0 Å². The van der Waals surface area contributed by atoms with Gasteiger partial charge in [0.2, 0.25) is 0 Å². The third-order valence-corrected chi connectivity index (χ3v) is 4.04. The fraction of sp³-hybridized carbons (Fsp3) is 0.222. The van der Waals surface area contributed by atoms with Gasteiger partial charge in [0.05, 0.1) is 6.10 Å². The van der Waals surface area contributed by atoms with Gasteiger partial charge in [-0.3, -0.25) is 10.1 Å². The first kappa shape index (κ1) is 18.4. The Bertz CT molecular complexity index is 719. The SMILES string of the molecule is CC[C@@H](C)Oc1ccc(C(=O)NC(=S)Nc2cccc(Br)c2)cc1. The van der Waals surface area contributed by atoms with Gasteiger partial charge in [-0.25, -0.2) is 0 Å². The van der Waals surface area contributed by atoms with E-state index >= 15 is 0 Å². The molecule has 6 heteroatoms. The second-order valence-electron chi connectivity index (χ2n) is 5.28. The molecule has 0 bridgehead atoms. The molecule has 126 valence electrons. The van der Waals surface area contributed by atoms with Gasteiger partial charge in [0.25, 0.3) is 5.91 Å². The minimum atomic E-state index is -0.266. The smallest absolute Gasteiger partial charge is 0.257 e. The Hall–Kier alpha value is -1.92. The Morgan fingerprint density at radius 3 is 2.58 bits per heavy atom. The molecule has 2 aromatic carbocycles. The third-order valence-electron chi connectivity index (χ3n) is 3.34. The molecule has 0 spiro atoms. The van der Waals surface area contributed by atoms with Gasteiger partial charge >= 0.3 is 0 Å². The Morgan fingerprint density at radius 2 is 1.96 bits per heavy atom. The molecule has 2 aromatic rings. The molecule has 0 saturated carbocycles. The molecule has 1 atom stereocenters. The van der Waals surface area contributed by atoms with Crippen molar-refractivity contribution in [2.75, 3.05) is 5.32 Å². The maximum Gasteiger partial charge on any atom is 0.257 e. The van der Waals surface area contributed by atoms with Gasteiger partial charge in [0, 0.05) is 15.7 Å². The quantitative estimate of drug-likeness (QED) is 0.703. The first-order valence-corrected chi connectivity index (χ1v) is 8.82. The van der Waals surface area contributed by atoms with Gasteiger partial charge in [0.1, 0.15) is 5.75 Å². The molecule has 4 nitrogen and oxygen atoms in total. The summed E-state index contributed by atoms with van der Waals surface area (Å²) in [6, 6.07) is 14.5. The van der Waals surface area contributed by atoms with E-state index in [9.17, 15) is 4.79 Å². The number of carbonyl (C=O) groups excluding carboxylic acids is 1. The van der Waals surface area contributed by atoms with Gasteiger partial charge < -0.3 is 10.1 Å². The molecular formula is C18H19BrN2O2S. The van der Waals surface area contributed by atoms with E-state index in [1.54, 1.807) is 24.3 Å². The monoisotopic (exact) mass is 406 g/mol. The highest BCUT2D eigenvalue weighted by molar-refractivity contribution is 9.10. The van der Waals surface area contributed by atoms with Crippen LogP contribution in [-0.4, -0.2) is 17.1 Å². The summed E-state index contributed by atoms with van der Waals surface area (Å²) in [6.45, 7) is 4.07. The van der Waals surface area contributed by atoms with Crippen molar-refractivity contribution in [3.8, 4) is 5.75 Å². The summed E-state index contributed by atoms with van der Waals surface area (Å²) in [5.41, 5.74) is 1.32. The van der Waals surface area contributed by atoms with Crippen LogP contribution < -0.4 is 15.4 Å². The largest absolute Gasteiger partial charge is 0.491 e. The summed E-state index contributed by atoms with van der Waals surface area (Å²) in [6.07, 6.45) is 1.07. The Morgan fingerprint density at radius 1 is 1.25 bits per heavy atom. The van der Waals surface area contributed by atoms with Crippen molar-refractivity contribution in [2.24, 2.45) is 0 Å².